The number of carbonyl (C=O) groups excluding carboxylic acids is 1. The van der Waals surface area contributed by atoms with Crippen molar-refractivity contribution in [2.75, 3.05) is 11.4 Å². The topological polar surface area (TPSA) is 103 Å². The zero-order chi connectivity index (χ0) is 21.9. The van der Waals surface area contributed by atoms with Crippen molar-refractivity contribution < 1.29 is 27.6 Å². The lowest BCUT2D eigenvalue weighted by molar-refractivity contribution is -0.384. The second-order valence-electron chi connectivity index (χ2n) is 8.03. The molecule has 0 aromatic carbocycles. The van der Waals surface area contributed by atoms with E-state index in [9.17, 15) is 28.1 Å². The molecule has 0 fully saturated rings. The number of anilines is 1. The molecule has 3 rings (SSSR count). The van der Waals surface area contributed by atoms with Gasteiger partial charge in [0.05, 0.1) is 22.5 Å². The van der Waals surface area contributed by atoms with Crippen molar-refractivity contribution in [3.05, 3.63) is 27.7 Å². The summed E-state index contributed by atoms with van der Waals surface area (Å²) in [7, 11) is 0. The first-order valence-electron chi connectivity index (χ1n) is 8.84. The molecule has 1 unspecified atom stereocenters. The van der Waals surface area contributed by atoms with Crippen molar-refractivity contribution in [3.63, 3.8) is 0 Å². The van der Waals surface area contributed by atoms with Crippen LogP contribution in [0.15, 0.2) is 6.20 Å². The first-order valence-corrected chi connectivity index (χ1v) is 8.84. The van der Waals surface area contributed by atoms with Crippen molar-refractivity contribution >= 4 is 23.1 Å². The van der Waals surface area contributed by atoms with Crippen LogP contribution in [0.2, 0.25) is 0 Å². The van der Waals surface area contributed by atoms with Gasteiger partial charge in [0.1, 0.15) is 16.7 Å². The summed E-state index contributed by atoms with van der Waals surface area (Å²) in [6.45, 7) is 6.56. The minimum atomic E-state index is -4.76. The molecular formula is C17H20F3N5O4. The largest absolute Gasteiger partial charge is 0.443 e. The Morgan fingerprint density at radius 1 is 1.38 bits per heavy atom. The van der Waals surface area contributed by atoms with Crippen LogP contribution in [0.25, 0.3) is 5.65 Å². The number of fused-ring (bicyclic) bond motifs is 3. The molecule has 2 aromatic rings. The van der Waals surface area contributed by atoms with E-state index in [1.165, 1.54) is 0 Å². The third-order valence-electron chi connectivity index (χ3n) is 4.71. The summed E-state index contributed by atoms with van der Waals surface area (Å²) in [5.74, 6) is 0. The minimum absolute atomic E-state index is 0.0103. The number of halogens is 3. The van der Waals surface area contributed by atoms with E-state index >= 15 is 0 Å². The van der Waals surface area contributed by atoms with E-state index in [0.29, 0.717) is 0 Å². The maximum atomic E-state index is 14.1. The number of ether oxygens (including phenoxy) is 1. The lowest BCUT2D eigenvalue weighted by atomic mass is 9.87. The third kappa shape index (κ3) is 3.15. The zero-order valence-corrected chi connectivity index (χ0v) is 16.5. The Morgan fingerprint density at radius 3 is 2.48 bits per heavy atom. The first kappa shape index (κ1) is 20.8. The van der Waals surface area contributed by atoms with Crippen LogP contribution < -0.4 is 4.90 Å². The molecule has 1 atom stereocenters. The summed E-state index contributed by atoms with van der Waals surface area (Å²) in [5.41, 5.74) is -4.72. The standard InChI is InChI=1S/C17H20F3N5O4/c1-6-9-11(25(27)28)13-21-7-10-12(24(13)22-9)16(5,17(18,19)20)8-23(10)14(26)29-15(2,3)4/h7H,6,8H2,1-5H3. The molecule has 0 saturated carbocycles. The summed E-state index contributed by atoms with van der Waals surface area (Å²) >= 11 is 0. The minimum Gasteiger partial charge on any atom is -0.443 e. The van der Waals surface area contributed by atoms with Gasteiger partial charge in [-0.3, -0.25) is 15.0 Å². The summed E-state index contributed by atoms with van der Waals surface area (Å²) in [6.07, 6.45) is -4.57. The Balaban J connectivity index is 2.31. The van der Waals surface area contributed by atoms with E-state index in [4.69, 9.17) is 4.74 Å². The van der Waals surface area contributed by atoms with Crippen molar-refractivity contribution in [1.82, 2.24) is 14.6 Å². The maximum Gasteiger partial charge on any atom is 0.414 e. The van der Waals surface area contributed by atoms with Crippen LogP contribution >= 0.6 is 0 Å². The van der Waals surface area contributed by atoms with E-state index in [1.807, 2.05) is 0 Å². The number of nitro groups is 1. The predicted octanol–water partition coefficient (Wildman–Crippen LogP) is 3.78. The maximum absolute atomic E-state index is 14.1. The quantitative estimate of drug-likeness (QED) is 0.546. The second-order valence-corrected chi connectivity index (χ2v) is 8.03. The summed E-state index contributed by atoms with van der Waals surface area (Å²) in [6, 6.07) is 0. The lowest BCUT2D eigenvalue weighted by Gasteiger charge is -2.29. The van der Waals surface area contributed by atoms with Gasteiger partial charge in [-0.2, -0.15) is 18.3 Å². The Hall–Kier alpha value is -2.92. The molecule has 0 radical (unpaired) electrons. The number of carbonyl (C=O) groups is 1. The van der Waals surface area contributed by atoms with Crippen LogP contribution in [0.5, 0.6) is 0 Å². The monoisotopic (exact) mass is 415 g/mol. The third-order valence-corrected chi connectivity index (χ3v) is 4.71. The van der Waals surface area contributed by atoms with Gasteiger partial charge < -0.3 is 4.74 Å². The Kier molecular flexibility index (Phi) is 4.51. The fourth-order valence-corrected chi connectivity index (χ4v) is 3.33. The number of nitrogens with zero attached hydrogens (tertiary/aromatic N) is 5. The highest BCUT2D eigenvalue weighted by molar-refractivity contribution is 5.91. The molecule has 12 heteroatoms. The van der Waals surface area contributed by atoms with Gasteiger partial charge in [0, 0.05) is 6.54 Å². The zero-order valence-electron chi connectivity index (χ0n) is 16.5. The highest BCUT2D eigenvalue weighted by Crippen LogP contribution is 2.50. The van der Waals surface area contributed by atoms with Crippen LogP contribution in [-0.2, 0) is 16.6 Å². The predicted molar refractivity (Wildman–Crippen MR) is 96.0 cm³/mol. The van der Waals surface area contributed by atoms with Crippen molar-refractivity contribution in [1.29, 1.82) is 0 Å². The van der Waals surface area contributed by atoms with E-state index in [2.05, 4.69) is 10.1 Å². The summed E-state index contributed by atoms with van der Waals surface area (Å²) in [5, 5.41) is 15.5. The molecule has 3 heterocycles. The van der Waals surface area contributed by atoms with Crippen LogP contribution in [0, 0.1) is 10.1 Å². The second kappa shape index (κ2) is 6.29. The lowest BCUT2D eigenvalue weighted by Crippen LogP contribution is -2.46. The van der Waals surface area contributed by atoms with Crippen LogP contribution in [-0.4, -0.2) is 43.9 Å². The van der Waals surface area contributed by atoms with Crippen molar-refractivity contribution in [3.8, 4) is 0 Å². The number of alkyl halides is 3. The van der Waals surface area contributed by atoms with Gasteiger partial charge in [-0.1, -0.05) is 6.92 Å². The highest BCUT2D eigenvalue weighted by atomic mass is 19.4. The first-order chi connectivity index (χ1) is 13.2. The molecule has 0 aliphatic carbocycles. The average molecular weight is 415 g/mol. The van der Waals surface area contributed by atoms with E-state index in [1.54, 1.807) is 27.7 Å². The molecule has 1 aliphatic rings. The Bertz CT molecular complexity index is 1010. The van der Waals surface area contributed by atoms with E-state index in [-0.39, 0.29) is 29.1 Å². The number of hydrogen-bond donors (Lipinski definition) is 0. The fraction of sp³-hybridized carbons (Fsp3) is 0.588. The van der Waals surface area contributed by atoms with E-state index < -0.39 is 40.4 Å². The van der Waals surface area contributed by atoms with Crippen LogP contribution in [0.1, 0.15) is 46.0 Å². The molecule has 2 aromatic heterocycles. The molecule has 29 heavy (non-hydrogen) atoms. The van der Waals surface area contributed by atoms with Crippen molar-refractivity contribution in [2.24, 2.45) is 0 Å². The molecule has 1 aliphatic heterocycles. The molecular weight excluding hydrogens is 395 g/mol. The van der Waals surface area contributed by atoms with Gasteiger partial charge in [-0.15, -0.1) is 0 Å². The van der Waals surface area contributed by atoms with Gasteiger partial charge in [0.2, 0.25) is 5.65 Å². The van der Waals surface area contributed by atoms with Gasteiger partial charge >= 0.3 is 18.0 Å². The van der Waals surface area contributed by atoms with Gasteiger partial charge in [-0.25, -0.2) is 14.3 Å². The number of amides is 1. The van der Waals surface area contributed by atoms with Gasteiger partial charge in [0.15, 0.2) is 0 Å². The summed E-state index contributed by atoms with van der Waals surface area (Å²) in [4.78, 5) is 28.1. The number of aryl methyl sites for hydroxylation is 1. The average Bonchev–Trinajstić information content (AvgIpc) is 3.08. The highest BCUT2D eigenvalue weighted by Gasteiger charge is 2.61. The molecule has 1 amide bonds. The van der Waals surface area contributed by atoms with Crippen LogP contribution in [0.3, 0.4) is 0 Å². The molecule has 0 bridgehead atoms. The number of hydrogen-bond acceptors (Lipinski definition) is 6. The number of rotatable bonds is 2. The molecule has 0 N–H and O–H groups in total. The van der Waals surface area contributed by atoms with Gasteiger partial charge in [-0.05, 0) is 34.1 Å². The molecule has 0 spiro atoms. The normalized spacial score (nSPS) is 19.5. The van der Waals surface area contributed by atoms with E-state index in [0.717, 1.165) is 22.5 Å². The number of aromatic nitrogens is 3. The van der Waals surface area contributed by atoms with Crippen LogP contribution in [0.4, 0.5) is 29.3 Å². The SMILES string of the molecule is CCc1nn2c3c(cnc2c1[N+](=O)[O-])N(C(=O)OC(C)(C)C)CC3(C)C(F)(F)F. The molecule has 0 saturated heterocycles. The summed E-state index contributed by atoms with van der Waals surface area (Å²) < 4.78 is 48.4. The van der Waals surface area contributed by atoms with Gasteiger partial charge in [0.25, 0.3) is 0 Å². The smallest absolute Gasteiger partial charge is 0.414 e. The Morgan fingerprint density at radius 2 is 2.00 bits per heavy atom. The Labute approximate surface area is 163 Å². The van der Waals surface area contributed by atoms with Crippen molar-refractivity contribution in [2.45, 2.75) is 58.2 Å². The fourth-order valence-electron chi connectivity index (χ4n) is 3.33. The molecule has 158 valence electrons. The molecule has 9 nitrogen and oxygen atoms in total.